The van der Waals surface area contributed by atoms with Crippen LogP contribution >= 0.6 is 11.6 Å². The molecule has 152 valence electrons. The van der Waals surface area contributed by atoms with Gasteiger partial charge in [0.05, 0.1) is 17.2 Å². The molecule has 1 saturated heterocycles. The molecule has 1 aliphatic rings. The van der Waals surface area contributed by atoms with Crippen LogP contribution in [-0.2, 0) is 9.59 Å². The molecule has 0 bridgehead atoms. The monoisotopic (exact) mass is 413 g/mol. The van der Waals surface area contributed by atoms with E-state index in [2.05, 4.69) is 10.6 Å². The van der Waals surface area contributed by atoms with E-state index in [4.69, 9.17) is 11.6 Å². The Labute approximate surface area is 175 Å². The van der Waals surface area contributed by atoms with Gasteiger partial charge in [0.2, 0.25) is 11.8 Å². The number of hydrogen-bond acceptors (Lipinski definition) is 3. The van der Waals surface area contributed by atoms with Crippen LogP contribution in [0.1, 0.15) is 37.6 Å². The van der Waals surface area contributed by atoms with Crippen molar-refractivity contribution in [1.82, 2.24) is 5.32 Å². The van der Waals surface area contributed by atoms with Gasteiger partial charge in [0.25, 0.3) is 5.91 Å². The van der Waals surface area contributed by atoms with Gasteiger partial charge in [0.1, 0.15) is 0 Å². The van der Waals surface area contributed by atoms with Crippen molar-refractivity contribution in [3.63, 3.8) is 0 Å². The number of halogens is 1. The summed E-state index contributed by atoms with van der Waals surface area (Å²) >= 11 is 6.01. The summed E-state index contributed by atoms with van der Waals surface area (Å²) in [6.45, 7) is 5.93. The lowest BCUT2D eigenvalue weighted by Crippen LogP contribution is -2.41. The maximum absolute atomic E-state index is 12.8. The molecular weight excluding hydrogens is 390 g/mol. The number of nitrogens with zero attached hydrogens (tertiary/aromatic N) is 1. The Bertz CT molecular complexity index is 952. The third kappa shape index (κ3) is 5.15. The highest BCUT2D eigenvalue weighted by molar-refractivity contribution is 6.31. The van der Waals surface area contributed by atoms with Crippen LogP contribution in [0.5, 0.6) is 0 Å². The Hall–Kier alpha value is -2.86. The molecule has 1 unspecified atom stereocenters. The van der Waals surface area contributed by atoms with Gasteiger partial charge in [0, 0.05) is 29.2 Å². The van der Waals surface area contributed by atoms with Gasteiger partial charge in [-0.1, -0.05) is 29.8 Å². The van der Waals surface area contributed by atoms with Crippen LogP contribution in [0.4, 0.5) is 11.4 Å². The van der Waals surface area contributed by atoms with Crippen LogP contribution in [0.3, 0.4) is 0 Å². The first kappa shape index (κ1) is 20.9. The molecule has 0 radical (unpaired) electrons. The summed E-state index contributed by atoms with van der Waals surface area (Å²) in [6.07, 6.45) is 0.106. The highest BCUT2D eigenvalue weighted by Gasteiger charge is 2.35. The molecule has 3 amide bonds. The van der Waals surface area contributed by atoms with Gasteiger partial charge in [-0.25, -0.2) is 0 Å². The second-order valence-electron chi connectivity index (χ2n) is 8.12. The van der Waals surface area contributed by atoms with Crippen LogP contribution in [-0.4, -0.2) is 29.8 Å². The summed E-state index contributed by atoms with van der Waals surface area (Å²) in [7, 11) is 0. The average Bonchev–Trinajstić information content (AvgIpc) is 3.02. The minimum absolute atomic E-state index is 0.106. The van der Waals surface area contributed by atoms with Crippen molar-refractivity contribution >= 4 is 40.7 Å². The molecule has 6 nitrogen and oxygen atoms in total. The van der Waals surface area contributed by atoms with E-state index in [1.54, 1.807) is 53.4 Å². The van der Waals surface area contributed by atoms with Crippen molar-refractivity contribution in [2.75, 3.05) is 16.8 Å². The lowest BCUT2D eigenvalue weighted by molar-refractivity contribution is -0.122. The fourth-order valence-electron chi connectivity index (χ4n) is 3.21. The zero-order chi connectivity index (χ0) is 21.2. The van der Waals surface area contributed by atoms with Crippen LogP contribution in [0.2, 0.25) is 5.02 Å². The Balaban J connectivity index is 1.73. The molecule has 29 heavy (non-hydrogen) atoms. The number of carbonyl (C=O) groups is 3. The minimum atomic E-state index is -0.514. The minimum Gasteiger partial charge on any atom is -0.347 e. The molecule has 1 atom stereocenters. The summed E-state index contributed by atoms with van der Waals surface area (Å²) in [5, 5.41) is 6.24. The van der Waals surface area contributed by atoms with Gasteiger partial charge >= 0.3 is 0 Å². The van der Waals surface area contributed by atoms with Crippen LogP contribution in [0.25, 0.3) is 0 Å². The molecule has 1 aliphatic heterocycles. The van der Waals surface area contributed by atoms with E-state index in [0.717, 1.165) is 0 Å². The molecule has 0 spiro atoms. The third-order valence-corrected chi connectivity index (χ3v) is 4.77. The number of carbonyl (C=O) groups excluding carboxylic acids is 3. The van der Waals surface area contributed by atoms with Crippen molar-refractivity contribution < 1.29 is 14.4 Å². The first-order valence-corrected chi connectivity index (χ1v) is 9.80. The van der Waals surface area contributed by atoms with E-state index in [1.807, 2.05) is 20.8 Å². The molecule has 0 saturated carbocycles. The Morgan fingerprint density at radius 1 is 1.10 bits per heavy atom. The molecule has 0 aromatic heterocycles. The molecule has 1 fully saturated rings. The van der Waals surface area contributed by atoms with Gasteiger partial charge < -0.3 is 15.5 Å². The van der Waals surface area contributed by atoms with Crippen LogP contribution in [0, 0.1) is 5.92 Å². The SMILES string of the molecule is CC(C)(C)NC(=O)c1ccccc1NC(=O)C1CC(=O)N(c2cccc(Cl)c2)C1. The Kier molecular flexibility index (Phi) is 5.94. The average molecular weight is 414 g/mol. The first-order chi connectivity index (χ1) is 13.6. The summed E-state index contributed by atoms with van der Waals surface area (Å²) < 4.78 is 0. The molecule has 7 heteroatoms. The summed E-state index contributed by atoms with van der Waals surface area (Å²) in [6, 6.07) is 13.8. The number of rotatable bonds is 4. The maximum Gasteiger partial charge on any atom is 0.253 e. The van der Waals surface area contributed by atoms with Crippen molar-refractivity contribution in [2.24, 2.45) is 5.92 Å². The molecular formula is C22H24ClN3O3. The molecule has 2 aromatic rings. The number of benzene rings is 2. The van der Waals surface area contributed by atoms with Gasteiger partial charge in [-0.2, -0.15) is 0 Å². The summed E-state index contributed by atoms with van der Waals surface area (Å²) in [4.78, 5) is 39.4. The standard InChI is InChI=1S/C22H24ClN3O3/c1-22(2,3)25-21(29)17-9-4-5-10-18(17)24-20(28)14-11-19(27)26(13-14)16-8-6-7-15(23)12-16/h4-10,12,14H,11,13H2,1-3H3,(H,24,28)(H,25,29). The largest absolute Gasteiger partial charge is 0.347 e. The molecule has 3 rings (SSSR count). The van der Waals surface area contributed by atoms with E-state index in [1.165, 1.54) is 0 Å². The quantitative estimate of drug-likeness (QED) is 0.798. The van der Waals surface area contributed by atoms with E-state index in [0.29, 0.717) is 22.0 Å². The summed E-state index contributed by atoms with van der Waals surface area (Å²) in [5.41, 5.74) is 1.08. The Morgan fingerprint density at radius 3 is 2.52 bits per heavy atom. The first-order valence-electron chi connectivity index (χ1n) is 9.42. The second kappa shape index (κ2) is 8.25. The number of para-hydroxylation sites is 1. The van der Waals surface area contributed by atoms with Gasteiger partial charge in [-0.15, -0.1) is 0 Å². The molecule has 0 aliphatic carbocycles. The highest BCUT2D eigenvalue weighted by atomic mass is 35.5. The highest BCUT2D eigenvalue weighted by Crippen LogP contribution is 2.28. The van der Waals surface area contributed by atoms with Crippen molar-refractivity contribution in [3.8, 4) is 0 Å². The topological polar surface area (TPSA) is 78.5 Å². The number of amides is 3. The molecule has 1 heterocycles. The predicted octanol–water partition coefficient (Wildman–Crippen LogP) is 3.86. The smallest absolute Gasteiger partial charge is 0.253 e. The number of nitrogens with one attached hydrogen (secondary N) is 2. The molecule has 2 N–H and O–H groups in total. The van der Waals surface area contributed by atoms with Gasteiger partial charge in [0.15, 0.2) is 0 Å². The lowest BCUT2D eigenvalue weighted by atomic mass is 10.1. The van der Waals surface area contributed by atoms with Crippen molar-refractivity contribution in [3.05, 3.63) is 59.1 Å². The fraction of sp³-hybridized carbons (Fsp3) is 0.318. The number of anilines is 2. The predicted molar refractivity (Wildman–Crippen MR) is 114 cm³/mol. The number of hydrogen-bond donors (Lipinski definition) is 2. The normalized spacial score (nSPS) is 16.6. The van der Waals surface area contributed by atoms with E-state index in [9.17, 15) is 14.4 Å². The Morgan fingerprint density at radius 2 is 1.83 bits per heavy atom. The van der Waals surface area contributed by atoms with E-state index in [-0.39, 0.29) is 30.7 Å². The van der Waals surface area contributed by atoms with E-state index < -0.39 is 11.5 Å². The maximum atomic E-state index is 12.8. The second-order valence-corrected chi connectivity index (χ2v) is 8.56. The zero-order valence-corrected chi connectivity index (χ0v) is 17.4. The zero-order valence-electron chi connectivity index (χ0n) is 16.7. The van der Waals surface area contributed by atoms with Gasteiger partial charge in [-0.3, -0.25) is 14.4 Å². The summed E-state index contributed by atoms with van der Waals surface area (Å²) in [5.74, 6) is -1.21. The van der Waals surface area contributed by atoms with Crippen molar-refractivity contribution in [2.45, 2.75) is 32.7 Å². The fourth-order valence-corrected chi connectivity index (χ4v) is 3.39. The van der Waals surface area contributed by atoms with Crippen LogP contribution < -0.4 is 15.5 Å². The van der Waals surface area contributed by atoms with E-state index >= 15 is 0 Å². The lowest BCUT2D eigenvalue weighted by Gasteiger charge is -2.22. The molecule has 2 aromatic carbocycles. The van der Waals surface area contributed by atoms with Crippen molar-refractivity contribution in [1.29, 1.82) is 0 Å². The van der Waals surface area contributed by atoms with Gasteiger partial charge in [-0.05, 0) is 51.1 Å². The van der Waals surface area contributed by atoms with Crippen LogP contribution in [0.15, 0.2) is 48.5 Å². The third-order valence-electron chi connectivity index (χ3n) is 4.53.